The summed E-state index contributed by atoms with van der Waals surface area (Å²) in [6.45, 7) is 1.65. The predicted molar refractivity (Wildman–Crippen MR) is 114 cm³/mol. The average Bonchev–Trinajstić information content (AvgIpc) is 2.98. The van der Waals surface area contributed by atoms with Crippen LogP contribution < -0.4 is 0 Å². The molecule has 1 amide bonds. The molecule has 0 spiro atoms. The summed E-state index contributed by atoms with van der Waals surface area (Å²) in [6, 6.07) is 15.1. The van der Waals surface area contributed by atoms with E-state index in [1.807, 2.05) is 18.2 Å². The molecule has 0 fully saturated rings. The van der Waals surface area contributed by atoms with E-state index in [1.54, 1.807) is 37.3 Å². The van der Waals surface area contributed by atoms with Crippen molar-refractivity contribution in [3.05, 3.63) is 82.4 Å². The van der Waals surface area contributed by atoms with Crippen LogP contribution in [0.2, 0.25) is 5.15 Å². The van der Waals surface area contributed by atoms with Gasteiger partial charge < -0.3 is 4.90 Å². The topological polar surface area (TPSA) is 72.3 Å². The Morgan fingerprint density at radius 3 is 2.43 bits per heavy atom. The van der Waals surface area contributed by atoms with E-state index < -0.39 is 33.1 Å². The Balaban J connectivity index is 1.73. The first-order chi connectivity index (χ1) is 14.2. The summed E-state index contributed by atoms with van der Waals surface area (Å²) < 4.78 is 40.6. The molecule has 1 aromatic heterocycles. The second-order valence-corrected chi connectivity index (χ2v) is 9.40. The van der Waals surface area contributed by atoms with E-state index >= 15 is 0 Å². The highest BCUT2D eigenvalue weighted by Gasteiger charge is 2.25. The van der Waals surface area contributed by atoms with Gasteiger partial charge in [-0.3, -0.25) is 4.79 Å². The number of nitrogens with zero attached hydrogens (tertiary/aromatic N) is 3. The number of para-hydroxylation sites is 1. The van der Waals surface area contributed by atoms with Crippen LogP contribution in [0.1, 0.15) is 16.8 Å². The highest BCUT2D eigenvalue weighted by molar-refractivity contribution is 7.91. The number of rotatable bonds is 7. The number of carbonyl (C=O) groups is 1. The molecule has 0 saturated heterocycles. The molecule has 0 aliphatic heterocycles. The van der Waals surface area contributed by atoms with E-state index in [0.29, 0.717) is 22.5 Å². The Morgan fingerprint density at radius 2 is 1.77 bits per heavy atom. The minimum Gasteiger partial charge on any atom is -0.340 e. The number of benzene rings is 2. The molecule has 0 aliphatic rings. The molecule has 3 rings (SSSR count). The molecule has 9 heteroatoms. The van der Waals surface area contributed by atoms with Crippen molar-refractivity contribution in [3.63, 3.8) is 0 Å². The van der Waals surface area contributed by atoms with Crippen LogP contribution in [0.15, 0.2) is 54.6 Å². The van der Waals surface area contributed by atoms with Gasteiger partial charge in [-0.15, -0.1) is 0 Å². The molecule has 0 bridgehead atoms. The van der Waals surface area contributed by atoms with E-state index in [2.05, 4.69) is 5.10 Å². The number of hydrogen-bond donors (Lipinski definition) is 0. The highest BCUT2D eigenvalue weighted by atomic mass is 35.5. The molecule has 1 heterocycles. The van der Waals surface area contributed by atoms with E-state index in [4.69, 9.17) is 11.6 Å². The third-order valence-corrected chi connectivity index (χ3v) is 6.42. The summed E-state index contributed by atoms with van der Waals surface area (Å²) in [5.74, 6) is -2.19. The van der Waals surface area contributed by atoms with Gasteiger partial charge in [-0.05, 0) is 25.1 Å². The Kier molecular flexibility index (Phi) is 6.58. The SMILES string of the molecule is Cc1nn(-c2ccccc2)c(Cl)c1CS(=O)(=O)CC(=O)N(C)Cc1ccccc1F. The first kappa shape index (κ1) is 22.0. The van der Waals surface area contributed by atoms with Gasteiger partial charge in [0.05, 0.1) is 17.1 Å². The van der Waals surface area contributed by atoms with Gasteiger partial charge in [0.2, 0.25) is 5.91 Å². The summed E-state index contributed by atoms with van der Waals surface area (Å²) in [5, 5.41) is 4.52. The summed E-state index contributed by atoms with van der Waals surface area (Å²) in [6.07, 6.45) is 0. The fraction of sp³-hybridized carbons (Fsp3) is 0.238. The first-order valence-electron chi connectivity index (χ1n) is 9.15. The molecule has 3 aromatic rings. The monoisotopic (exact) mass is 449 g/mol. The van der Waals surface area contributed by atoms with Crippen molar-refractivity contribution in [3.8, 4) is 5.69 Å². The molecule has 6 nitrogen and oxygen atoms in total. The lowest BCUT2D eigenvalue weighted by Gasteiger charge is -2.17. The maximum atomic E-state index is 13.8. The van der Waals surface area contributed by atoms with Gasteiger partial charge >= 0.3 is 0 Å². The molecule has 0 N–H and O–H groups in total. The van der Waals surface area contributed by atoms with E-state index in [-0.39, 0.29) is 11.7 Å². The third kappa shape index (κ3) is 5.06. The number of amides is 1. The fourth-order valence-corrected chi connectivity index (χ4v) is 4.88. The molecule has 0 atom stereocenters. The smallest absolute Gasteiger partial charge is 0.237 e. The van der Waals surface area contributed by atoms with Gasteiger partial charge in [0.15, 0.2) is 9.84 Å². The second-order valence-electron chi connectivity index (χ2n) is 6.98. The molecular weight excluding hydrogens is 429 g/mol. The van der Waals surface area contributed by atoms with E-state index in [1.165, 1.54) is 22.7 Å². The zero-order valence-corrected chi connectivity index (χ0v) is 18.1. The van der Waals surface area contributed by atoms with Crippen molar-refractivity contribution in [1.29, 1.82) is 0 Å². The van der Waals surface area contributed by atoms with Crippen LogP contribution in [0.3, 0.4) is 0 Å². The van der Waals surface area contributed by atoms with Crippen LogP contribution in [-0.2, 0) is 26.9 Å². The number of carbonyl (C=O) groups excluding carboxylic acids is 1. The van der Waals surface area contributed by atoms with Crippen molar-refractivity contribution in [2.24, 2.45) is 0 Å². The standard InChI is InChI=1S/C21H21ClFN3O3S/c1-15-18(21(22)26(24-15)17-9-4-3-5-10-17)13-30(28,29)14-20(27)25(2)12-16-8-6-7-11-19(16)23/h3-11H,12-14H2,1-2H3. The minimum absolute atomic E-state index is 0.0211. The van der Waals surface area contributed by atoms with Crippen LogP contribution in [0.4, 0.5) is 4.39 Å². The number of halogens is 2. The summed E-state index contributed by atoms with van der Waals surface area (Å²) in [5.41, 5.74) is 1.84. The molecule has 158 valence electrons. The van der Waals surface area contributed by atoms with Crippen molar-refractivity contribution >= 4 is 27.3 Å². The van der Waals surface area contributed by atoms with Gasteiger partial charge in [0.1, 0.15) is 16.7 Å². The minimum atomic E-state index is -3.82. The van der Waals surface area contributed by atoms with Gasteiger partial charge in [-0.1, -0.05) is 48.0 Å². The second kappa shape index (κ2) is 8.97. The van der Waals surface area contributed by atoms with Gasteiger partial charge in [-0.25, -0.2) is 17.5 Å². The summed E-state index contributed by atoms with van der Waals surface area (Å²) in [4.78, 5) is 13.6. The fourth-order valence-electron chi connectivity index (χ4n) is 2.98. The Labute approximate surface area is 179 Å². The molecule has 0 aliphatic carbocycles. The van der Waals surface area contributed by atoms with Crippen LogP contribution in [0.25, 0.3) is 5.69 Å². The van der Waals surface area contributed by atoms with Gasteiger partial charge in [0, 0.05) is 24.7 Å². The van der Waals surface area contributed by atoms with Crippen molar-refractivity contribution in [2.75, 3.05) is 12.8 Å². The third-order valence-electron chi connectivity index (χ3n) is 4.62. The lowest BCUT2D eigenvalue weighted by molar-refractivity contribution is -0.127. The Morgan fingerprint density at radius 1 is 1.13 bits per heavy atom. The zero-order chi connectivity index (χ0) is 21.9. The van der Waals surface area contributed by atoms with Gasteiger partial charge in [0.25, 0.3) is 0 Å². The highest BCUT2D eigenvalue weighted by Crippen LogP contribution is 2.25. The summed E-state index contributed by atoms with van der Waals surface area (Å²) >= 11 is 6.39. The first-order valence-corrected chi connectivity index (χ1v) is 11.3. The largest absolute Gasteiger partial charge is 0.340 e. The quantitative estimate of drug-likeness (QED) is 0.553. The van der Waals surface area contributed by atoms with Crippen molar-refractivity contribution < 1.29 is 17.6 Å². The average molecular weight is 450 g/mol. The van der Waals surface area contributed by atoms with E-state index in [0.717, 1.165) is 0 Å². The molecule has 0 radical (unpaired) electrons. The molecular formula is C21H21ClFN3O3S. The Hall–Kier alpha value is -2.71. The maximum Gasteiger partial charge on any atom is 0.237 e. The number of aryl methyl sites for hydroxylation is 1. The molecule has 0 unspecified atom stereocenters. The number of aromatic nitrogens is 2. The zero-order valence-electron chi connectivity index (χ0n) is 16.5. The van der Waals surface area contributed by atoms with Crippen LogP contribution >= 0.6 is 11.6 Å². The van der Waals surface area contributed by atoms with E-state index in [9.17, 15) is 17.6 Å². The van der Waals surface area contributed by atoms with Crippen LogP contribution in [0.5, 0.6) is 0 Å². The lowest BCUT2D eigenvalue weighted by atomic mass is 10.2. The predicted octanol–water partition coefficient (Wildman–Crippen LogP) is 3.55. The maximum absolute atomic E-state index is 13.8. The Bertz CT molecular complexity index is 1160. The van der Waals surface area contributed by atoms with Crippen LogP contribution in [0, 0.1) is 12.7 Å². The van der Waals surface area contributed by atoms with Gasteiger partial charge in [-0.2, -0.15) is 5.10 Å². The van der Waals surface area contributed by atoms with Crippen molar-refractivity contribution in [2.45, 2.75) is 19.2 Å². The molecule has 30 heavy (non-hydrogen) atoms. The number of sulfone groups is 1. The summed E-state index contributed by atoms with van der Waals surface area (Å²) in [7, 11) is -2.38. The molecule has 2 aromatic carbocycles. The lowest BCUT2D eigenvalue weighted by Crippen LogP contribution is -2.32. The van der Waals surface area contributed by atoms with Crippen molar-refractivity contribution in [1.82, 2.24) is 14.7 Å². The van der Waals surface area contributed by atoms with Crippen LogP contribution in [-0.4, -0.2) is 41.8 Å². The molecule has 0 saturated carbocycles. The number of hydrogen-bond acceptors (Lipinski definition) is 4. The normalized spacial score (nSPS) is 11.5.